The lowest BCUT2D eigenvalue weighted by atomic mass is 10.2. The third-order valence-electron chi connectivity index (χ3n) is 7.45. The first-order valence-electron chi connectivity index (χ1n) is 16.2. The third kappa shape index (κ3) is 9.12. The van der Waals surface area contributed by atoms with Crippen molar-refractivity contribution in [2.24, 2.45) is 20.5 Å². The molecule has 2 aromatic heterocycles. The average Bonchev–Trinajstić information content (AvgIpc) is 3.70. The van der Waals surface area contributed by atoms with Crippen LogP contribution in [0.25, 0.3) is 22.1 Å². The van der Waals surface area contributed by atoms with Crippen molar-refractivity contribution in [1.82, 2.24) is 19.9 Å². The highest BCUT2D eigenvalue weighted by Gasteiger charge is 2.16. The minimum Gasteiger partial charge on any atom is -0.510 e. The second-order valence-corrected chi connectivity index (χ2v) is 11.5. The van der Waals surface area contributed by atoms with Crippen molar-refractivity contribution in [1.29, 1.82) is 0 Å². The molecule has 8 N–H and O–H groups in total. The molecule has 2 heterocycles. The zero-order valence-electron chi connectivity index (χ0n) is 28.6. The highest BCUT2D eigenvalue weighted by molar-refractivity contribution is 6.05. The van der Waals surface area contributed by atoms with Crippen molar-refractivity contribution < 1.29 is 29.3 Å². The summed E-state index contributed by atoms with van der Waals surface area (Å²) in [6, 6.07) is 22.8. The number of nitrogens with one attached hydrogen (secondary N) is 6. The molecule has 0 saturated carbocycles. The number of aliphatic hydroxyl groups excluding tert-OH is 2. The highest BCUT2D eigenvalue weighted by Crippen LogP contribution is 2.25. The molecule has 0 aliphatic carbocycles. The number of ether oxygens (including phenoxy) is 2. The van der Waals surface area contributed by atoms with Gasteiger partial charge >= 0.3 is 11.4 Å². The molecular formula is C36H32N10O8. The Labute approximate surface area is 304 Å². The van der Waals surface area contributed by atoms with Gasteiger partial charge in [0.1, 0.15) is 36.2 Å². The SMILES string of the molecule is C/C(O)=C(\N=Nc1cccc(OCCOc2cccc(N=N/C(C(=O)Nc3ccc4[nH]c(=O)[nH]c4c3)=C(\C)O)c2)c1)C(=O)Nc1ccc2[nH]c(=O)[nH]c2c1. The predicted molar refractivity (Wildman–Crippen MR) is 199 cm³/mol. The van der Waals surface area contributed by atoms with E-state index in [0.29, 0.717) is 56.3 Å². The smallest absolute Gasteiger partial charge is 0.323 e. The van der Waals surface area contributed by atoms with Gasteiger partial charge in [0.25, 0.3) is 11.8 Å². The number of anilines is 2. The molecule has 0 spiro atoms. The lowest BCUT2D eigenvalue weighted by Crippen LogP contribution is -2.14. The van der Waals surface area contributed by atoms with Gasteiger partial charge in [0.05, 0.1) is 33.4 Å². The third-order valence-corrected chi connectivity index (χ3v) is 7.45. The van der Waals surface area contributed by atoms with Crippen LogP contribution < -0.4 is 31.5 Å². The molecular weight excluding hydrogens is 700 g/mol. The van der Waals surface area contributed by atoms with Crippen LogP contribution in [0.2, 0.25) is 0 Å². The Morgan fingerprint density at radius 1 is 0.593 bits per heavy atom. The Morgan fingerprint density at radius 3 is 1.41 bits per heavy atom. The molecule has 18 nitrogen and oxygen atoms in total. The van der Waals surface area contributed by atoms with E-state index < -0.39 is 11.8 Å². The molecule has 4 aromatic carbocycles. The topological polar surface area (TPSA) is 264 Å². The summed E-state index contributed by atoms with van der Waals surface area (Å²) in [5.74, 6) is -1.23. The van der Waals surface area contributed by atoms with E-state index in [4.69, 9.17) is 9.47 Å². The molecule has 0 atom stereocenters. The molecule has 274 valence electrons. The fourth-order valence-corrected chi connectivity index (χ4v) is 4.97. The molecule has 0 fully saturated rings. The Morgan fingerprint density at radius 2 is 1.00 bits per heavy atom. The molecule has 6 aromatic rings. The van der Waals surface area contributed by atoms with E-state index in [-0.39, 0.29) is 47.5 Å². The Kier molecular flexibility index (Phi) is 10.7. The van der Waals surface area contributed by atoms with Crippen molar-refractivity contribution in [3.8, 4) is 11.5 Å². The van der Waals surface area contributed by atoms with Gasteiger partial charge in [0.2, 0.25) is 0 Å². The maximum absolute atomic E-state index is 12.9. The summed E-state index contributed by atoms with van der Waals surface area (Å²) in [6.45, 7) is 2.90. The number of azo groups is 2. The molecule has 6 rings (SSSR count). The number of allylic oxidation sites excluding steroid dienone is 2. The van der Waals surface area contributed by atoms with Gasteiger partial charge in [-0.2, -0.15) is 10.2 Å². The van der Waals surface area contributed by atoms with Crippen LogP contribution in [-0.2, 0) is 9.59 Å². The van der Waals surface area contributed by atoms with Crippen LogP contribution in [-0.4, -0.2) is 55.2 Å². The van der Waals surface area contributed by atoms with Crippen LogP contribution in [0.4, 0.5) is 22.7 Å². The minimum atomic E-state index is -0.709. The van der Waals surface area contributed by atoms with E-state index >= 15 is 0 Å². The Balaban J connectivity index is 1.01. The summed E-state index contributed by atoms with van der Waals surface area (Å²) in [6.07, 6.45) is 0. The number of amides is 2. The Hall–Kier alpha value is -7.76. The molecule has 0 bridgehead atoms. The van der Waals surface area contributed by atoms with Crippen molar-refractivity contribution >= 4 is 56.6 Å². The zero-order valence-corrected chi connectivity index (χ0v) is 28.6. The normalized spacial score (nSPS) is 12.6. The minimum absolute atomic E-state index is 0.144. The van der Waals surface area contributed by atoms with Gasteiger partial charge in [-0.25, -0.2) is 9.59 Å². The lowest BCUT2D eigenvalue weighted by Gasteiger charge is -2.09. The lowest BCUT2D eigenvalue weighted by molar-refractivity contribution is -0.113. The van der Waals surface area contributed by atoms with Crippen molar-refractivity contribution in [3.05, 3.63) is 129 Å². The van der Waals surface area contributed by atoms with E-state index in [1.54, 1.807) is 84.9 Å². The number of H-pyrrole nitrogens is 4. The van der Waals surface area contributed by atoms with E-state index in [0.717, 1.165) is 0 Å². The van der Waals surface area contributed by atoms with Crippen LogP contribution in [0.15, 0.2) is 138 Å². The molecule has 0 aliphatic heterocycles. The summed E-state index contributed by atoms with van der Waals surface area (Å²) in [7, 11) is 0. The highest BCUT2D eigenvalue weighted by atomic mass is 16.5. The van der Waals surface area contributed by atoms with Crippen LogP contribution in [0.5, 0.6) is 11.5 Å². The number of hydrogen-bond acceptors (Lipinski definition) is 12. The van der Waals surface area contributed by atoms with Gasteiger partial charge < -0.3 is 50.3 Å². The average molecular weight is 733 g/mol. The fourth-order valence-electron chi connectivity index (χ4n) is 4.97. The first-order valence-corrected chi connectivity index (χ1v) is 16.2. The fraction of sp³-hybridized carbons (Fsp3) is 0.111. The molecule has 18 heteroatoms. The summed E-state index contributed by atoms with van der Waals surface area (Å²) in [5.41, 5.74) is 2.20. The van der Waals surface area contributed by atoms with E-state index in [9.17, 15) is 29.4 Å². The number of carbonyl (C=O) groups is 2. The molecule has 0 unspecified atom stereocenters. The van der Waals surface area contributed by atoms with Gasteiger partial charge in [-0.05, 0) is 74.5 Å². The Bertz CT molecular complexity index is 2420. The number of imidazole rings is 2. The van der Waals surface area contributed by atoms with Gasteiger partial charge in [0.15, 0.2) is 11.4 Å². The first kappa shape index (κ1) is 36.0. The van der Waals surface area contributed by atoms with Crippen LogP contribution in [0, 0.1) is 0 Å². The largest absolute Gasteiger partial charge is 0.510 e. The number of aromatic amines is 4. The van der Waals surface area contributed by atoms with Crippen LogP contribution in [0.1, 0.15) is 13.8 Å². The zero-order chi connectivity index (χ0) is 38.2. The molecule has 54 heavy (non-hydrogen) atoms. The number of benzene rings is 4. The standard InChI is InChI=1S/C36H32N10O8/c1-19(47)31(33(49)37-21-9-11-27-29(17-21)41-35(51)39-27)45-43-23-5-3-7-25(15-23)53-13-14-54-26-8-4-6-24(16-26)44-46-32(20(2)48)34(50)38-22-10-12-28-30(18-22)42-36(52)40-28/h3-12,15-18,47-48H,13-14H2,1-2H3,(H,37,49)(H,38,50)(H2,39,41,51)(H2,40,42,52)/b31-19+,32-20+,45-43?,46-44?. The molecule has 0 radical (unpaired) electrons. The van der Waals surface area contributed by atoms with Crippen LogP contribution >= 0.6 is 0 Å². The number of carbonyl (C=O) groups excluding carboxylic acids is 2. The van der Waals surface area contributed by atoms with Gasteiger partial charge in [-0.1, -0.05) is 12.1 Å². The quantitative estimate of drug-likeness (QED) is 0.0280. The van der Waals surface area contributed by atoms with Gasteiger partial charge in [-0.15, -0.1) is 10.2 Å². The number of hydrogen-bond donors (Lipinski definition) is 8. The number of aliphatic hydroxyl groups is 2. The number of aromatic nitrogens is 4. The van der Waals surface area contributed by atoms with Gasteiger partial charge in [0, 0.05) is 23.5 Å². The summed E-state index contributed by atoms with van der Waals surface area (Å²) in [5, 5.41) is 41.6. The maximum Gasteiger partial charge on any atom is 0.323 e. The van der Waals surface area contributed by atoms with E-state index in [1.165, 1.54) is 13.8 Å². The molecule has 0 saturated heterocycles. The summed E-state index contributed by atoms with van der Waals surface area (Å²) < 4.78 is 11.6. The molecule has 2 amide bonds. The number of fused-ring (bicyclic) bond motifs is 2. The monoisotopic (exact) mass is 732 g/mol. The van der Waals surface area contributed by atoms with E-state index in [2.05, 4.69) is 51.0 Å². The maximum atomic E-state index is 12.9. The predicted octanol–water partition coefficient (Wildman–Crippen LogP) is 6.51. The summed E-state index contributed by atoms with van der Waals surface area (Å²) >= 11 is 0. The summed E-state index contributed by atoms with van der Waals surface area (Å²) in [4.78, 5) is 59.2. The van der Waals surface area contributed by atoms with Crippen molar-refractivity contribution in [2.45, 2.75) is 13.8 Å². The van der Waals surface area contributed by atoms with Crippen LogP contribution in [0.3, 0.4) is 0 Å². The van der Waals surface area contributed by atoms with Gasteiger partial charge in [-0.3, -0.25) is 9.59 Å². The second-order valence-electron chi connectivity index (χ2n) is 11.5. The second kappa shape index (κ2) is 16.1. The number of rotatable bonds is 13. The first-order chi connectivity index (χ1) is 26.0. The molecule has 0 aliphatic rings. The van der Waals surface area contributed by atoms with Crippen molar-refractivity contribution in [3.63, 3.8) is 0 Å². The van der Waals surface area contributed by atoms with E-state index in [1.807, 2.05) is 0 Å². The van der Waals surface area contributed by atoms with Crippen molar-refractivity contribution in [2.75, 3.05) is 23.8 Å². The number of nitrogens with zero attached hydrogens (tertiary/aromatic N) is 4.